The van der Waals surface area contributed by atoms with Crippen LogP contribution in [0.3, 0.4) is 0 Å². The fourth-order valence-electron chi connectivity index (χ4n) is 1.91. The number of amides is 2. The minimum atomic E-state index is -1.17. The molecular weight excluding hydrogens is 220 g/mol. The van der Waals surface area contributed by atoms with Crippen molar-refractivity contribution >= 4 is 12.0 Å². The van der Waals surface area contributed by atoms with E-state index in [4.69, 9.17) is 5.11 Å². The van der Waals surface area contributed by atoms with E-state index in [0.717, 1.165) is 6.42 Å². The van der Waals surface area contributed by atoms with Gasteiger partial charge in [-0.25, -0.2) is 9.59 Å². The van der Waals surface area contributed by atoms with E-state index in [1.165, 1.54) is 18.7 Å². The number of carbonyl (C=O) groups is 2. The van der Waals surface area contributed by atoms with E-state index in [-0.39, 0.29) is 6.03 Å². The maximum absolute atomic E-state index is 11.9. The van der Waals surface area contributed by atoms with Crippen LogP contribution >= 0.6 is 0 Å². The van der Waals surface area contributed by atoms with Gasteiger partial charge in [0.2, 0.25) is 0 Å². The normalized spacial score (nSPS) is 23.1. The van der Waals surface area contributed by atoms with Crippen LogP contribution in [0.25, 0.3) is 0 Å². The molecule has 1 aliphatic carbocycles. The van der Waals surface area contributed by atoms with Crippen molar-refractivity contribution in [2.45, 2.75) is 39.7 Å². The maximum Gasteiger partial charge on any atom is 0.329 e. The van der Waals surface area contributed by atoms with Gasteiger partial charge in [-0.05, 0) is 39.0 Å². The lowest BCUT2D eigenvalue weighted by atomic mass is 10.0. The Morgan fingerprint density at radius 1 is 1.47 bits per heavy atom. The summed E-state index contributed by atoms with van der Waals surface area (Å²) in [5.74, 6) is 0.248. The molecule has 0 aromatic heterocycles. The molecular formula is C12H22N2O3. The zero-order chi connectivity index (χ0) is 13.2. The third kappa shape index (κ3) is 3.11. The zero-order valence-corrected chi connectivity index (χ0v) is 11.0. The number of rotatable bonds is 5. The summed E-state index contributed by atoms with van der Waals surface area (Å²) in [6.45, 7) is 8.04. The van der Waals surface area contributed by atoms with E-state index in [0.29, 0.717) is 24.9 Å². The van der Waals surface area contributed by atoms with Crippen LogP contribution in [-0.4, -0.2) is 40.6 Å². The second-order valence-electron chi connectivity index (χ2n) is 5.27. The van der Waals surface area contributed by atoms with Crippen molar-refractivity contribution < 1.29 is 14.7 Å². The van der Waals surface area contributed by atoms with Gasteiger partial charge in [0.05, 0.1) is 0 Å². The van der Waals surface area contributed by atoms with E-state index < -0.39 is 11.5 Å². The van der Waals surface area contributed by atoms with E-state index in [9.17, 15) is 9.59 Å². The van der Waals surface area contributed by atoms with Crippen LogP contribution in [0.4, 0.5) is 4.79 Å². The molecule has 2 atom stereocenters. The number of urea groups is 1. The number of carboxylic acids is 1. The highest BCUT2D eigenvalue weighted by molar-refractivity contribution is 5.85. The van der Waals surface area contributed by atoms with Crippen LogP contribution < -0.4 is 5.32 Å². The minimum Gasteiger partial charge on any atom is -0.480 e. The second kappa shape index (κ2) is 4.94. The zero-order valence-electron chi connectivity index (χ0n) is 11.0. The number of nitrogens with zero attached hydrogens (tertiary/aromatic N) is 1. The molecule has 0 bridgehead atoms. The topological polar surface area (TPSA) is 69.6 Å². The van der Waals surface area contributed by atoms with E-state index >= 15 is 0 Å². The highest BCUT2D eigenvalue weighted by Gasteiger charge is 2.38. The number of hydrogen-bond donors (Lipinski definition) is 2. The van der Waals surface area contributed by atoms with Gasteiger partial charge in [-0.2, -0.15) is 0 Å². The molecule has 17 heavy (non-hydrogen) atoms. The predicted molar refractivity (Wildman–Crippen MR) is 64.8 cm³/mol. The molecule has 0 aromatic carbocycles. The van der Waals surface area contributed by atoms with E-state index in [1.54, 1.807) is 6.92 Å². The van der Waals surface area contributed by atoms with Crippen LogP contribution in [0.15, 0.2) is 0 Å². The first-order valence-electron chi connectivity index (χ1n) is 6.09. The van der Waals surface area contributed by atoms with Gasteiger partial charge < -0.3 is 15.3 Å². The predicted octanol–water partition coefficient (Wildman–Crippen LogP) is 1.54. The third-order valence-electron chi connectivity index (χ3n) is 3.55. The largest absolute Gasteiger partial charge is 0.480 e. The Morgan fingerprint density at radius 2 is 2.00 bits per heavy atom. The standard InChI is InChI=1S/C12H22N2O3/c1-5-14(12(3,4)10(15)16)11(17)13-7-9-6-8(9)2/h8-9H,5-7H2,1-4H3,(H,13,17)(H,15,16). The van der Waals surface area contributed by atoms with Crippen LogP contribution in [0.5, 0.6) is 0 Å². The summed E-state index contributed by atoms with van der Waals surface area (Å²) in [7, 11) is 0. The van der Waals surface area contributed by atoms with Crippen molar-refractivity contribution in [1.29, 1.82) is 0 Å². The van der Waals surface area contributed by atoms with Crippen molar-refractivity contribution in [3.05, 3.63) is 0 Å². The van der Waals surface area contributed by atoms with Crippen molar-refractivity contribution in [3.63, 3.8) is 0 Å². The van der Waals surface area contributed by atoms with Crippen LogP contribution in [0.1, 0.15) is 34.1 Å². The first kappa shape index (κ1) is 13.8. The highest BCUT2D eigenvalue weighted by atomic mass is 16.4. The summed E-state index contributed by atoms with van der Waals surface area (Å²) >= 11 is 0. The number of likely N-dealkylation sites (N-methyl/N-ethyl adjacent to an activating group) is 1. The Balaban J connectivity index is 2.54. The molecule has 2 amide bonds. The van der Waals surface area contributed by atoms with Crippen LogP contribution in [0, 0.1) is 11.8 Å². The van der Waals surface area contributed by atoms with Gasteiger partial charge >= 0.3 is 12.0 Å². The molecule has 1 fully saturated rings. The fraction of sp³-hybridized carbons (Fsp3) is 0.833. The van der Waals surface area contributed by atoms with Gasteiger partial charge in [0.15, 0.2) is 0 Å². The third-order valence-corrected chi connectivity index (χ3v) is 3.55. The monoisotopic (exact) mass is 242 g/mol. The lowest BCUT2D eigenvalue weighted by Gasteiger charge is -2.34. The van der Waals surface area contributed by atoms with Gasteiger partial charge in [-0.1, -0.05) is 6.92 Å². The molecule has 5 heteroatoms. The molecule has 0 spiro atoms. The number of nitrogens with one attached hydrogen (secondary N) is 1. The van der Waals surface area contributed by atoms with Gasteiger partial charge in [-0.15, -0.1) is 0 Å². The van der Waals surface area contributed by atoms with Crippen molar-refractivity contribution in [2.75, 3.05) is 13.1 Å². The van der Waals surface area contributed by atoms with Crippen LogP contribution in [0.2, 0.25) is 0 Å². The molecule has 0 aromatic rings. The smallest absolute Gasteiger partial charge is 0.329 e. The molecule has 0 radical (unpaired) electrons. The summed E-state index contributed by atoms with van der Waals surface area (Å²) in [5, 5.41) is 11.9. The first-order chi connectivity index (χ1) is 7.80. The summed E-state index contributed by atoms with van der Waals surface area (Å²) in [6.07, 6.45) is 1.15. The first-order valence-corrected chi connectivity index (χ1v) is 6.09. The average molecular weight is 242 g/mol. The molecule has 5 nitrogen and oxygen atoms in total. The molecule has 2 unspecified atom stereocenters. The van der Waals surface area contributed by atoms with Crippen molar-refractivity contribution in [1.82, 2.24) is 10.2 Å². The van der Waals surface area contributed by atoms with Gasteiger partial charge in [0.1, 0.15) is 5.54 Å². The Hall–Kier alpha value is -1.26. The second-order valence-corrected chi connectivity index (χ2v) is 5.27. The maximum atomic E-state index is 11.9. The SMILES string of the molecule is CCN(C(=O)NCC1CC1C)C(C)(C)C(=O)O. The Kier molecular flexibility index (Phi) is 4.01. The molecule has 1 rings (SSSR count). The summed E-state index contributed by atoms with van der Waals surface area (Å²) in [4.78, 5) is 24.4. The number of carboxylic acid groups (broad SMARTS) is 1. The number of hydrogen-bond acceptors (Lipinski definition) is 2. The van der Waals surface area contributed by atoms with Gasteiger partial charge in [0.25, 0.3) is 0 Å². The quantitative estimate of drug-likeness (QED) is 0.768. The Bertz CT molecular complexity index is 315. The molecule has 2 N–H and O–H groups in total. The Morgan fingerprint density at radius 3 is 2.35 bits per heavy atom. The molecule has 0 aliphatic heterocycles. The van der Waals surface area contributed by atoms with Crippen LogP contribution in [-0.2, 0) is 4.79 Å². The molecule has 0 saturated heterocycles. The number of carbonyl (C=O) groups excluding carboxylic acids is 1. The fourth-order valence-corrected chi connectivity index (χ4v) is 1.91. The average Bonchev–Trinajstić information content (AvgIpc) is 2.92. The molecule has 1 aliphatic rings. The summed E-state index contributed by atoms with van der Waals surface area (Å²) < 4.78 is 0. The lowest BCUT2D eigenvalue weighted by molar-refractivity contribution is -0.147. The highest BCUT2D eigenvalue weighted by Crippen LogP contribution is 2.36. The number of aliphatic carboxylic acids is 1. The van der Waals surface area contributed by atoms with Gasteiger partial charge in [-0.3, -0.25) is 0 Å². The molecule has 0 heterocycles. The molecule has 1 saturated carbocycles. The van der Waals surface area contributed by atoms with Crippen molar-refractivity contribution in [2.24, 2.45) is 11.8 Å². The summed E-state index contributed by atoms with van der Waals surface area (Å²) in [6, 6.07) is -0.293. The van der Waals surface area contributed by atoms with E-state index in [2.05, 4.69) is 12.2 Å². The van der Waals surface area contributed by atoms with E-state index in [1.807, 2.05) is 0 Å². The van der Waals surface area contributed by atoms with Crippen molar-refractivity contribution in [3.8, 4) is 0 Å². The van der Waals surface area contributed by atoms with Gasteiger partial charge in [0, 0.05) is 13.1 Å². The molecule has 98 valence electrons. The lowest BCUT2D eigenvalue weighted by Crippen LogP contribution is -2.56. The minimum absolute atomic E-state index is 0.293. The Labute approximate surface area is 102 Å². The summed E-state index contributed by atoms with van der Waals surface area (Å²) in [5.41, 5.74) is -1.17.